The van der Waals surface area contributed by atoms with E-state index in [1.54, 1.807) is 13.8 Å². The molecule has 0 unspecified atom stereocenters. The van der Waals surface area contributed by atoms with Crippen molar-refractivity contribution in [3.8, 4) is 0 Å². The van der Waals surface area contributed by atoms with Crippen LogP contribution in [0.15, 0.2) is 29.2 Å². The Morgan fingerprint density at radius 3 is 2.41 bits per heavy atom. The van der Waals surface area contributed by atoms with Gasteiger partial charge in [-0.15, -0.1) is 0 Å². The van der Waals surface area contributed by atoms with Crippen LogP contribution >= 0.6 is 0 Å². The van der Waals surface area contributed by atoms with E-state index >= 15 is 0 Å². The van der Waals surface area contributed by atoms with Gasteiger partial charge in [0, 0.05) is 19.7 Å². The van der Waals surface area contributed by atoms with E-state index < -0.39 is 36.9 Å². The zero-order chi connectivity index (χ0) is 17.1. The molecule has 1 aromatic carbocycles. The van der Waals surface area contributed by atoms with Crippen LogP contribution in [0.25, 0.3) is 0 Å². The molecule has 0 bridgehead atoms. The van der Waals surface area contributed by atoms with Crippen molar-refractivity contribution in [2.75, 3.05) is 13.6 Å². The molecule has 0 saturated carbocycles. The minimum absolute atomic E-state index is 0.0757. The Morgan fingerprint density at radius 2 is 1.91 bits per heavy atom. The third-order valence-electron chi connectivity index (χ3n) is 3.03. The molecule has 1 N–H and O–H groups in total. The number of benzene rings is 1. The van der Waals surface area contributed by atoms with Crippen molar-refractivity contribution in [3.05, 3.63) is 34.4 Å². The van der Waals surface area contributed by atoms with Crippen LogP contribution in [0.5, 0.6) is 0 Å². The number of carboxylic acid groups (broad SMARTS) is 1. The lowest BCUT2D eigenvalue weighted by atomic mass is 9.89. The van der Waals surface area contributed by atoms with Gasteiger partial charge in [0.15, 0.2) is 4.90 Å². The Morgan fingerprint density at radius 1 is 1.36 bits per heavy atom. The summed E-state index contributed by atoms with van der Waals surface area (Å²) in [4.78, 5) is 20.6. The minimum atomic E-state index is -4.08. The molecule has 0 heterocycles. The van der Waals surface area contributed by atoms with Gasteiger partial charge in [0.25, 0.3) is 5.69 Å². The van der Waals surface area contributed by atoms with Gasteiger partial charge in [-0.1, -0.05) is 26.0 Å². The van der Waals surface area contributed by atoms with Crippen LogP contribution in [0, 0.1) is 15.5 Å². The molecule has 1 aromatic rings. The van der Waals surface area contributed by atoms with Crippen LogP contribution in [0.4, 0.5) is 5.69 Å². The number of carbonyl (C=O) groups is 1. The minimum Gasteiger partial charge on any atom is -0.481 e. The summed E-state index contributed by atoms with van der Waals surface area (Å²) in [5, 5.41) is 19.8. The molecule has 0 amide bonds. The normalized spacial score (nSPS) is 12.4. The van der Waals surface area contributed by atoms with Gasteiger partial charge < -0.3 is 5.11 Å². The summed E-state index contributed by atoms with van der Waals surface area (Å²) < 4.78 is 25.9. The number of rotatable bonds is 7. The molecule has 9 heteroatoms. The predicted octanol–water partition coefficient (Wildman–Crippen LogP) is 1.72. The highest BCUT2D eigenvalue weighted by Gasteiger charge is 2.33. The Balaban J connectivity index is 3.15. The van der Waals surface area contributed by atoms with Gasteiger partial charge in [-0.25, -0.2) is 12.7 Å². The van der Waals surface area contributed by atoms with Crippen LogP contribution in [0.2, 0.25) is 0 Å². The zero-order valence-electron chi connectivity index (χ0n) is 12.5. The fourth-order valence-corrected chi connectivity index (χ4v) is 3.66. The van der Waals surface area contributed by atoms with Crippen molar-refractivity contribution in [3.63, 3.8) is 0 Å². The maximum absolute atomic E-state index is 12.5. The molecule has 0 radical (unpaired) electrons. The van der Waals surface area contributed by atoms with Gasteiger partial charge in [0.2, 0.25) is 10.0 Å². The molecule has 0 aromatic heterocycles. The third kappa shape index (κ3) is 4.25. The lowest BCUT2D eigenvalue weighted by Gasteiger charge is -2.28. The quantitative estimate of drug-likeness (QED) is 0.600. The van der Waals surface area contributed by atoms with Crippen molar-refractivity contribution in [2.24, 2.45) is 5.41 Å². The Labute approximate surface area is 128 Å². The molecule has 1 rings (SSSR count). The number of hydrogen-bond acceptors (Lipinski definition) is 5. The first kappa shape index (κ1) is 18.1. The molecule has 0 saturated heterocycles. The smallest absolute Gasteiger partial charge is 0.303 e. The molecule has 22 heavy (non-hydrogen) atoms. The summed E-state index contributed by atoms with van der Waals surface area (Å²) in [5.74, 6) is -1.04. The molecular formula is C13H18N2O6S. The van der Waals surface area contributed by atoms with Crippen molar-refractivity contribution < 1.29 is 23.2 Å². The van der Waals surface area contributed by atoms with E-state index in [1.165, 1.54) is 19.2 Å². The van der Waals surface area contributed by atoms with Gasteiger partial charge in [-0.3, -0.25) is 14.9 Å². The molecule has 8 nitrogen and oxygen atoms in total. The second kappa shape index (κ2) is 6.41. The van der Waals surface area contributed by atoms with Crippen LogP contribution < -0.4 is 0 Å². The monoisotopic (exact) mass is 330 g/mol. The van der Waals surface area contributed by atoms with Crippen LogP contribution in [0.3, 0.4) is 0 Å². The molecule has 0 spiro atoms. The predicted molar refractivity (Wildman–Crippen MR) is 78.9 cm³/mol. The van der Waals surface area contributed by atoms with Crippen molar-refractivity contribution in [1.82, 2.24) is 4.31 Å². The van der Waals surface area contributed by atoms with E-state index in [1.807, 2.05) is 0 Å². The second-order valence-corrected chi connectivity index (χ2v) is 7.73. The van der Waals surface area contributed by atoms with Crippen molar-refractivity contribution in [2.45, 2.75) is 25.2 Å². The maximum atomic E-state index is 12.5. The highest BCUT2D eigenvalue weighted by molar-refractivity contribution is 7.89. The molecule has 0 aliphatic carbocycles. The second-order valence-electron chi connectivity index (χ2n) is 5.72. The summed E-state index contributed by atoms with van der Waals surface area (Å²) >= 11 is 0. The Kier molecular flexibility index (Phi) is 5.26. The van der Waals surface area contributed by atoms with E-state index in [9.17, 15) is 23.3 Å². The number of para-hydroxylation sites is 1. The standard InChI is InChI=1S/C13H18N2O6S/c1-13(2,8-12(16)17)9-14(3)22(20,21)11-7-5-4-6-10(11)15(18)19/h4-7H,8-9H2,1-3H3,(H,16,17). The van der Waals surface area contributed by atoms with Crippen LogP contribution in [-0.2, 0) is 14.8 Å². The average Bonchev–Trinajstić information content (AvgIpc) is 2.36. The number of aliphatic carboxylic acids is 1. The average molecular weight is 330 g/mol. The largest absolute Gasteiger partial charge is 0.481 e. The van der Waals surface area contributed by atoms with E-state index in [0.29, 0.717) is 0 Å². The number of hydrogen-bond donors (Lipinski definition) is 1. The van der Waals surface area contributed by atoms with Gasteiger partial charge in [0.05, 0.1) is 11.3 Å². The molecule has 122 valence electrons. The first-order chi connectivity index (χ1) is 9.97. The summed E-state index contributed by atoms with van der Waals surface area (Å²) in [6, 6.07) is 5.05. The van der Waals surface area contributed by atoms with Crippen molar-refractivity contribution >= 4 is 21.7 Å². The van der Waals surface area contributed by atoms with E-state index in [-0.39, 0.29) is 13.0 Å². The summed E-state index contributed by atoms with van der Waals surface area (Å²) in [6.45, 7) is 3.16. The topological polar surface area (TPSA) is 118 Å². The lowest BCUT2D eigenvalue weighted by Crippen LogP contribution is -2.37. The van der Waals surface area contributed by atoms with Gasteiger partial charge in [-0.2, -0.15) is 0 Å². The molecule has 0 fully saturated rings. The SMILES string of the molecule is CN(CC(C)(C)CC(=O)O)S(=O)(=O)c1ccccc1[N+](=O)[O-]. The molecule has 0 aliphatic heterocycles. The Hall–Kier alpha value is -2.00. The van der Waals surface area contributed by atoms with E-state index in [4.69, 9.17) is 5.11 Å². The summed E-state index contributed by atoms with van der Waals surface area (Å²) in [7, 11) is -2.81. The lowest BCUT2D eigenvalue weighted by molar-refractivity contribution is -0.387. The first-order valence-corrected chi connectivity index (χ1v) is 7.83. The summed E-state index contributed by atoms with van der Waals surface area (Å²) in [5.41, 5.74) is -1.32. The van der Waals surface area contributed by atoms with Gasteiger partial charge >= 0.3 is 5.97 Å². The van der Waals surface area contributed by atoms with Gasteiger partial charge in [0.1, 0.15) is 0 Å². The number of nitrogens with zero attached hydrogens (tertiary/aromatic N) is 2. The zero-order valence-corrected chi connectivity index (χ0v) is 13.3. The maximum Gasteiger partial charge on any atom is 0.303 e. The van der Waals surface area contributed by atoms with Crippen molar-refractivity contribution in [1.29, 1.82) is 0 Å². The van der Waals surface area contributed by atoms with Crippen LogP contribution in [-0.4, -0.2) is 42.3 Å². The van der Waals surface area contributed by atoms with E-state index in [0.717, 1.165) is 16.4 Å². The number of sulfonamides is 1. The fraction of sp³-hybridized carbons (Fsp3) is 0.462. The molecule has 0 atom stereocenters. The number of nitro benzene ring substituents is 1. The highest BCUT2D eigenvalue weighted by atomic mass is 32.2. The summed E-state index contributed by atoms with van der Waals surface area (Å²) in [6.07, 6.45) is -0.219. The first-order valence-electron chi connectivity index (χ1n) is 6.39. The highest BCUT2D eigenvalue weighted by Crippen LogP contribution is 2.29. The number of carboxylic acids is 1. The van der Waals surface area contributed by atoms with Gasteiger partial charge in [-0.05, 0) is 11.5 Å². The third-order valence-corrected chi connectivity index (χ3v) is 4.88. The molecular weight excluding hydrogens is 312 g/mol. The fourth-order valence-electron chi connectivity index (χ4n) is 2.15. The van der Waals surface area contributed by atoms with E-state index in [2.05, 4.69) is 0 Å². The Bertz CT molecular complexity index is 684. The number of nitro groups is 1. The molecule has 0 aliphatic rings. The van der Waals surface area contributed by atoms with Crippen LogP contribution in [0.1, 0.15) is 20.3 Å².